The summed E-state index contributed by atoms with van der Waals surface area (Å²) in [7, 11) is 0. The van der Waals surface area contributed by atoms with Gasteiger partial charge in [0.15, 0.2) is 5.78 Å². The van der Waals surface area contributed by atoms with Crippen molar-refractivity contribution in [2.24, 2.45) is 10.8 Å². The Balaban J connectivity index is 4.71. The summed E-state index contributed by atoms with van der Waals surface area (Å²) in [5.74, 6) is -0.0353. The number of aliphatic hydroxyl groups is 1. The lowest BCUT2D eigenvalue weighted by atomic mass is 9.73. The van der Waals surface area contributed by atoms with Crippen molar-refractivity contribution < 1.29 is 9.90 Å². The predicted molar refractivity (Wildman–Crippen MR) is 59.2 cm³/mol. The van der Waals surface area contributed by atoms with Crippen LogP contribution in [-0.2, 0) is 4.79 Å². The van der Waals surface area contributed by atoms with Gasteiger partial charge in [0.2, 0.25) is 0 Å². The highest BCUT2D eigenvalue weighted by atomic mass is 16.3. The second-order valence-electron chi connectivity index (χ2n) is 5.35. The molecule has 14 heavy (non-hydrogen) atoms. The van der Waals surface area contributed by atoms with Gasteiger partial charge in [-0.1, -0.05) is 41.5 Å². The number of hydrogen-bond donors (Lipinski definition) is 1. The van der Waals surface area contributed by atoms with E-state index in [1.165, 1.54) is 0 Å². The zero-order valence-electron chi connectivity index (χ0n) is 10.3. The Hall–Kier alpha value is -0.370. The Kier molecular flexibility index (Phi) is 4.32. The van der Waals surface area contributed by atoms with Crippen LogP contribution in [0.4, 0.5) is 0 Å². The van der Waals surface area contributed by atoms with Gasteiger partial charge in [-0.15, -0.1) is 0 Å². The molecule has 1 unspecified atom stereocenters. The maximum atomic E-state index is 12.0. The van der Waals surface area contributed by atoms with Crippen LogP contribution in [-0.4, -0.2) is 17.0 Å². The van der Waals surface area contributed by atoms with Crippen molar-refractivity contribution in [2.75, 3.05) is 0 Å². The summed E-state index contributed by atoms with van der Waals surface area (Å²) in [5, 5.41) is 9.96. The molecule has 0 heterocycles. The number of ketones is 1. The second-order valence-corrected chi connectivity index (χ2v) is 5.35. The van der Waals surface area contributed by atoms with E-state index in [-0.39, 0.29) is 11.2 Å². The molecule has 1 N–H and O–H groups in total. The molecule has 0 aliphatic rings. The fourth-order valence-electron chi connectivity index (χ4n) is 1.09. The van der Waals surface area contributed by atoms with Crippen LogP contribution >= 0.6 is 0 Å². The summed E-state index contributed by atoms with van der Waals surface area (Å²) in [4.78, 5) is 12.0. The van der Waals surface area contributed by atoms with E-state index in [1.54, 1.807) is 0 Å². The Morgan fingerprint density at radius 3 is 1.86 bits per heavy atom. The maximum Gasteiger partial charge on any atom is 0.167 e. The number of Topliss-reactive ketones (excluding diaryl/α,β-unsaturated/α-hetero) is 1. The van der Waals surface area contributed by atoms with E-state index in [1.807, 2.05) is 41.5 Å². The zero-order valence-corrected chi connectivity index (χ0v) is 10.3. The summed E-state index contributed by atoms with van der Waals surface area (Å²) >= 11 is 0. The topological polar surface area (TPSA) is 37.3 Å². The molecule has 0 aliphatic carbocycles. The van der Waals surface area contributed by atoms with Crippen molar-refractivity contribution in [2.45, 2.75) is 60.5 Å². The van der Waals surface area contributed by atoms with Crippen LogP contribution in [0.1, 0.15) is 54.4 Å². The number of aliphatic hydroxyl groups excluding tert-OH is 1. The second kappa shape index (κ2) is 4.43. The quantitative estimate of drug-likeness (QED) is 0.741. The summed E-state index contributed by atoms with van der Waals surface area (Å²) in [6.45, 7) is 11.6. The zero-order chi connectivity index (χ0) is 11.6. The van der Waals surface area contributed by atoms with Crippen molar-refractivity contribution in [3.05, 3.63) is 0 Å². The lowest BCUT2D eigenvalue weighted by molar-refractivity contribution is -0.142. The van der Waals surface area contributed by atoms with Crippen molar-refractivity contribution in [3.63, 3.8) is 0 Å². The molecule has 0 aromatic rings. The largest absolute Gasteiger partial charge is 0.385 e. The van der Waals surface area contributed by atoms with Crippen LogP contribution in [0, 0.1) is 10.8 Å². The number of carbonyl (C=O) groups excluding carboxylic acids is 1. The fraction of sp³-hybridized carbons (Fsp3) is 0.917. The molecule has 0 bridgehead atoms. The number of rotatable bonds is 5. The first-order valence-corrected chi connectivity index (χ1v) is 5.41. The van der Waals surface area contributed by atoms with Gasteiger partial charge in [-0.05, 0) is 18.3 Å². The first-order valence-electron chi connectivity index (χ1n) is 5.41. The third-order valence-electron chi connectivity index (χ3n) is 3.45. The molecular formula is C12H24O2. The van der Waals surface area contributed by atoms with E-state index in [9.17, 15) is 9.90 Å². The average molecular weight is 200 g/mol. The summed E-state index contributed by atoms with van der Waals surface area (Å²) in [5.41, 5.74) is -0.727. The highest BCUT2D eigenvalue weighted by molar-refractivity contribution is 5.88. The number of hydrogen-bond acceptors (Lipinski definition) is 2. The van der Waals surface area contributed by atoms with Gasteiger partial charge in [-0.3, -0.25) is 4.79 Å². The van der Waals surface area contributed by atoms with E-state index in [0.29, 0.717) is 0 Å². The van der Waals surface area contributed by atoms with Crippen LogP contribution in [0.3, 0.4) is 0 Å². The minimum absolute atomic E-state index is 0.0353. The molecule has 2 nitrogen and oxygen atoms in total. The molecule has 0 saturated heterocycles. The third kappa shape index (κ3) is 2.81. The van der Waals surface area contributed by atoms with Crippen LogP contribution in [0.25, 0.3) is 0 Å². The smallest absolute Gasteiger partial charge is 0.167 e. The molecular weight excluding hydrogens is 176 g/mol. The fourth-order valence-corrected chi connectivity index (χ4v) is 1.09. The minimum Gasteiger partial charge on any atom is -0.385 e. The molecule has 0 spiro atoms. The average Bonchev–Trinajstić information content (AvgIpc) is 2.15. The number of carbonyl (C=O) groups is 1. The molecule has 0 aliphatic heterocycles. The molecule has 1 atom stereocenters. The van der Waals surface area contributed by atoms with Crippen LogP contribution in [0.15, 0.2) is 0 Å². The third-order valence-corrected chi connectivity index (χ3v) is 3.45. The Morgan fingerprint density at radius 1 is 1.14 bits per heavy atom. The minimum atomic E-state index is -0.845. The Morgan fingerprint density at radius 2 is 1.57 bits per heavy atom. The normalized spacial score (nSPS) is 15.4. The molecule has 0 aromatic carbocycles. The SMILES string of the molecule is CCC(C)(C)C(=O)C(O)C(C)(C)CC. The van der Waals surface area contributed by atoms with Gasteiger partial charge in [-0.2, -0.15) is 0 Å². The standard InChI is InChI=1S/C12H24O2/c1-7-11(3,4)9(13)10(14)12(5,6)8-2/h9,13H,7-8H2,1-6H3. The lowest BCUT2D eigenvalue weighted by Crippen LogP contribution is -2.43. The molecule has 84 valence electrons. The summed E-state index contributed by atoms with van der Waals surface area (Å²) < 4.78 is 0. The van der Waals surface area contributed by atoms with Crippen molar-refractivity contribution in [1.82, 2.24) is 0 Å². The van der Waals surface area contributed by atoms with E-state index in [2.05, 4.69) is 0 Å². The molecule has 0 saturated carbocycles. The molecule has 0 fully saturated rings. The van der Waals surface area contributed by atoms with E-state index < -0.39 is 11.5 Å². The maximum absolute atomic E-state index is 12.0. The van der Waals surface area contributed by atoms with Crippen molar-refractivity contribution in [3.8, 4) is 0 Å². The molecule has 0 radical (unpaired) electrons. The van der Waals surface area contributed by atoms with Crippen molar-refractivity contribution in [1.29, 1.82) is 0 Å². The molecule has 0 aromatic heterocycles. The van der Waals surface area contributed by atoms with Gasteiger partial charge in [0.05, 0.1) is 0 Å². The van der Waals surface area contributed by atoms with E-state index >= 15 is 0 Å². The molecule has 0 rings (SSSR count). The van der Waals surface area contributed by atoms with Crippen LogP contribution in [0.2, 0.25) is 0 Å². The van der Waals surface area contributed by atoms with Gasteiger partial charge in [-0.25, -0.2) is 0 Å². The van der Waals surface area contributed by atoms with Crippen LogP contribution < -0.4 is 0 Å². The lowest BCUT2D eigenvalue weighted by Gasteiger charge is -2.33. The predicted octanol–water partition coefficient (Wildman–Crippen LogP) is 2.79. The molecule has 2 heteroatoms. The van der Waals surface area contributed by atoms with Crippen molar-refractivity contribution >= 4 is 5.78 Å². The highest BCUT2D eigenvalue weighted by Gasteiger charge is 2.38. The van der Waals surface area contributed by atoms with Crippen LogP contribution in [0.5, 0.6) is 0 Å². The van der Waals surface area contributed by atoms with Gasteiger partial charge < -0.3 is 5.11 Å². The Labute approximate surface area is 87.7 Å². The first-order chi connectivity index (χ1) is 6.19. The monoisotopic (exact) mass is 200 g/mol. The molecule has 0 amide bonds. The van der Waals surface area contributed by atoms with E-state index in [4.69, 9.17) is 0 Å². The van der Waals surface area contributed by atoms with Gasteiger partial charge in [0.1, 0.15) is 6.10 Å². The summed E-state index contributed by atoms with van der Waals surface area (Å²) in [6.07, 6.45) is 0.727. The van der Waals surface area contributed by atoms with Gasteiger partial charge in [0.25, 0.3) is 0 Å². The Bertz CT molecular complexity index is 204. The first kappa shape index (κ1) is 13.6. The summed E-state index contributed by atoms with van der Waals surface area (Å²) in [6, 6.07) is 0. The van der Waals surface area contributed by atoms with Gasteiger partial charge in [0, 0.05) is 5.41 Å². The van der Waals surface area contributed by atoms with E-state index in [0.717, 1.165) is 12.8 Å². The highest BCUT2D eigenvalue weighted by Crippen LogP contribution is 2.32. The van der Waals surface area contributed by atoms with Gasteiger partial charge >= 0.3 is 0 Å².